The molecule has 0 N–H and O–H groups in total. The van der Waals surface area contributed by atoms with Gasteiger partial charge in [0.2, 0.25) is 0 Å². The molecule has 0 saturated heterocycles. The molecule has 1 nitrogen and oxygen atoms in total. The van der Waals surface area contributed by atoms with E-state index in [0.717, 1.165) is 23.4 Å². The van der Waals surface area contributed by atoms with E-state index in [-0.39, 0.29) is 5.88 Å². The number of aryl methyl sites for hydroxylation is 1. The van der Waals surface area contributed by atoms with E-state index in [2.05, 4.69) is 4.98 Å². The lowest BCUT2D eigenvalue weighted by molar-refractivity contribution is -0.137. The molecule has 1 aromatic carbocycles. The Labute approximate surface area is 114 Å². The van der Waals surface area contributed by atoms with Gasteiger partial charge < -0.3 is 0 Å². The van der Waals surface area contributed by atoms with Gasteiger partial charge >= 0.3 is 6.18 Å². The standard InChI is InChI=1S/C14H11ClF3N/c1-9-2-3-11(8-15)13(19-9)10-4-6-12(7-5-10)14(16,17)18/h2-7H,8H2,1H3. The zero-order valence-electron chi connectivity index (χ0n) is 10.1. The molecule has 0 unspecified atom stereocenters. The maximum atomic E-state index is 12.5. The molecule has 5 heteroatoms. The maximum Gasteiger partial charge on any atom is 0.416 e. The first-order chi connectivity index (χ1) is 8.91. The molecule has 2 rings (SSSR count). The van der Waals surface area contributed by atoms with E-state index in [0.29, 0.717) is 11.3 Å². The first kappa shape index (κ1) is 13.9. The third-order valence-electron chi connectivity index (χ3n) is 2.75. The van der Waals surface area contributed by atoms with E-state index >= 15 is 0 Å². The number of rotatable bonds is 2. The molecule has 2 aromatic rings. The number of benzene rings is 1. The SMILES string of the molecule is Cc1ccc(CCl)c(-c2ccc(C(F)(F)F)cc2)n1. The number of hydrogen-bond acceptors (Lipinski definition) is 1. The molecular formula is C14H11ClF3N. The molecule has 0 spiro atoms. The summed E-state index contributed by atoms with van der Waals surface area (Å²) in [7, 11) is 0. The lowest BCUT2D eigenvalue weighted by Gasteiger charge is -2.10. The average molecular weight is 286 g/mol. The van der Waals surface area contributed by atoms with Gasteiger partial charge in [-0.05, 0) is 30.7 Å². The Bertz CT molecular complexity index is 576. The van der Waals surface area contributed by atoms with E-state index < -0.39 is 11.7 Å². The van der Waals surface area contributed by atoms with Crippen molar-refractivity contribution in [3.8, 4) is 11.3 Å². The minimum absolute atomic E-state index is 0.267. The summed E-state index contributed by atoms with van der Waals surface area (Å²) in [6, 6.07) is 8.60. The predicted octanol–water partition coefficient (Wildman–Crippen LogP) is 4.81. The van der Waals surface area contributed by atoms with E-state index in [1.807, 2.05) is 19.1 Å². The van der Waals surface area contributed by atoms with E-state index in [9.17, 15) is 13.2 Å². The summed E-state index contributed by atoms with van der Waals surface area (Å²) >= 11 is 5.82. The fourth-order valence-electron chi connectivity index (χ4n) is 1.76. The van der Waals surface area contributed by atoms with Gasteiger partial charge in [0.15, 0.2) is 0 Å². The van der Waals surface area contributed by atoms with Crippen LogP contribution in [0.25, 0.3) is 11.3 Å². The minimum atomic E-state index is -4.33. The van der Waals surface area contributed by atoms with Crippen molar-refractivity contribution >= 4 is 11.6 Å². The molecule has 0 aliphatic rings. The summed E-state index contributed by atoms with van der Waals surface area (Å²) in [6.07, 6.45) is -4.33. The van der Waals surface area contributed by atoms with Crippen LogP contribution in [0.3, 0.4) is 0 Å². The van der Waals surface area contributed by atoms with Crippen LogP contribution >= 0.6 is 11.6 Å². The minimum Gasteiger partial charge on any atom is -0.253 e. The van der Waals surface area contributed by atoms with Crippen molar-refractivity contribution < 1.29 is 13.2 Å². The maximum absolute atomic E-state index is 12.5. The van der Waals surface area contributed by atoms with Crippen molar-refractivity contribution in [3.63, 3.8) is 0 Å². The largest absolute Gasteiger partial charge is 0.416 e. The number of pyridine rings is 1. The molecule has 0 amide bonds. The second-order valence-electron chi connectivity index (χ2n) is 4.17. The second-order valence-corrected chi connectivity index (χ2v) is 4.44. The van der Waals surface area contributed by atoms with Crippen molar-refractivity contribution in [1.82, 2.24) is 4.98 Å². The molecule has 0 fully saturated rings. The van der Waals surface area contributed by atoms with Crippen molar-refractivity contribution in [2.24, 2.45) is 0 Å². The van der Waals surface area contributed by atoms with E-state index in [4.69, 9.17) is 11.6 Å². The Morgan fingerprint density at radius 1 is 1.05 bits per heavy atom. The Morgan fingerprint density at radius 2 is 1.68 bits per heavy atom. The monoisotopic (exact) mass is 285 g/mol. The molecule has 0 aliphatic heterocycles. The highest BCUT2D eigenvalue weighted by molar-refractivity contribution is 6.17. The lowest BCUT2D eigenvalue weighted by Crippen LogP contribution is -2.04. The van der Waals surface area contributed by atoms with Crippen LogP contribution in [0.5, 0.6) is 0 Å². The molecule has 0 atom stereocenters. The normalized spacial score (nSPS) is 11.6. The van der Waals surface area contributed by atoms with Gasteiger partial charge in [0.25, 0.3) is 0 Å². The Hall–Kier alpha value is -1.55. The van der Waals surface area contributed by atoms with Crippen LogP contribution in [-0.4, -0.2) is 4.98 Å². The Kier molecular flexibility index (Phi) is 3.80. The fraction of sp³-hybridized carbons (Fsp3) is 0.214. The third kappa shape index (κ3) is 3.07. The number of nitrogens with zero attached hydrogens (tertiary/aromatic N) is 1. The molecule has 0 aliphatic carbocycles. The molecule has 1 heterocycles. The summed E-state index contributed by atoms with van der Waals surface area (Å²) in [4.78, 5) is 4.34. The van der Waals surface area contributed by atoms with Crippen LogP contribution in [0, 0.1) is 6.92 Å². The highest BCUT2D eigenvalue weighted by atomic mass is 35.5. The van der Waals surface area contributed by atoms with Crippen molar-refractivity contribution in [3.05, 3.63) is 53.2 Å². The van der Waals surface area contributed by atoms with Crippen LogP contribution in [0.15, 0.2) is 36.4 Å². The Balaban J connectivity index is 2.45. The van der Waals surface area contributed by atoms with Gasteiger partial charge in [-0.1, -0.05) is 18.2 Å². The first-order valence-electron chi connectivity index (χ1n) is 5.62. The smallest absolute Gasteiger partial charge is 0.253 e. The summed E-state index contributed by atoms with van der Waals surface area (Å²) in [5.41, 5.74) is 2.18. The average Bonchev–Trinajstić information content (AvgIpc) is 2.38. The third-order valence-corrected chi connectivity index (χ3v) is 3.04. The topological polar surface area (TPSA) is 12.9 Å². The zero-order valence-corrected chi connectivity index (χ0v) is 10.9. The van der Waals surface area contributed by atoms with Crippen molar-refractivity contribution in [2.75, 3.05) is 0 Å². The molecule has 100 valence electrons. The summed E-state index contributed by atoms with van der Waals surface area (Å²) in [5, 5.41) is 0. The molecule has 19 heavy (non-hydrogen) atoms. The van der Waals surface area contributed by atoms with Gasteiger partial charge in [-0.15, -0.1) is 11.6 Å². The van der Waals surface area contributed by atoms with Gasteiger partial charge in [0.05, 0.1) is 11.3 Å². The van der Waals surface area contributed by atoms with E-state index in [1.54, 1.807) is 0 Å². The molecule has 0 radical (unpaired) electrons. The van der Waals surface area contributed by atoms with Crippen LogP contribution < -0.4 is 0 Å². The van der Waals surface area contributed by atoms with E-state index in [1.165, 1.54) is 12.1 Å². The highest BCUT2D eigenvalue weighted by Gasteiger charge is 2.30. The van der Waals surface area contributed by atoms with Gasteiger partial charge in [-0.3, -0.25) is 4.98 Å². The zero-order chi connectivity index (χ0) is 14.0. The fourth-order valence-corrected chi connectivity index (χ4v) is 1.98. The number of hydrogen-bond donors (Lipinski definition) is 0. The summed E-state index contributed by atoms with van der Waals surface area (Å²) in [6.45, 7) is 1.82. The lowest BCUT2D eigenvalue weighted by atomic mass is 10.0. The van der Waals surface area contributed by atoms with Crippen molar-refractivity contribution in [1.29, 1.82) is 0 Å². The quantitative estimate of drug-likeness (QED) is 0.721. The van der Waals surface area contributed by atoms with Gasteiger partial charge in [0, 0.05) is 17.1 Å². The summed E-state index contributed by atoms with van der Waals surface area (Å²) in [5.74, 6) is 0.267. The molecule has 0 bridgehead atoms. The highest BCUT2D eigenvalue weighted by Crippen LogP contribution is 2.31. The molecular weight excluding hydrogens is 275 g/mol. The van der Waals surface area contributed by atoms with Crippen molar-refractivity contribution in [2.45, 2.75) is 19.0 Å². The predicted molar refractivity (Wildman–Crippen MR) is 69.0 cm³/mol. The first-order valence-corrected chi connectivity index (χ1v) is 6.15. The van der Waals surface area contributed by atoms with Crippen LogP contribution in [0.2, 0.25) is 0 Å². The molecule has 0 saturated carbocycles. The van der Waals surface area contributed by atoms with Crippen LogP contribution in [0.4, 0.5) is 13.2 Å². The Morgan fingerprint density at radius 3 is 2.21 bits per heavy atom. The number of alkyl halides is 4. The van der Waals surface area contributed by atoms with Gasteiger partial charge in [-0.25, -0.2) is 0 Å². The number of halogens is 4. The van der Waals surface area contributed by atoms with Gasteiger partial charge in [-0.2, -0.15) is 13.2 Å². The summed E-state index contributed by atoms with van der Waals surface area (Å²) < 4.78 is 37.5. The van der Waals surface area contributed by atoms with Crippen LogP contribution in [0.1, 0.15) is 16.8 Å². The second kappa shape index (κ2) is 5.21. The van der Waals surface area contributed by atoms with Crippen LogP contribution in [-0.2, 0) is 12.1 Å². The van der Waals surface area contributed by atoms with Gasteiger partial charge in [0.1, 0.15) is 0 Å². The number of aromatic nitrogens is 1. The molecule has 1 aromatic heterocycles.